The van der Waals surface area contributed by atoms with E-state index in [0.29, 0.717) is 24.9 Å². The van der Waals surface area contributed by atoms with Gasteiger partial charge in [-0.3, -0.25) is 9.59 Å². The van der Waals surface area contributed by atoms with E-state index in [2.05, 4.69) is 37.1 Å². The van der Waals surface area contributed by atoms with Crippen LogP contribution in [0.15, 0.2) is 122 Å². The molecular weight excluding hydrogens is 811 g/mol. The monoisotopic (exact) mass is 875 g/mol. The Morgan fingerprint density at radius 1 is 0.875 bits per heavy atom. The van der Waals surface area contributed by atoms with E-state index in [1.165, 1.54) is 6.08 Å². The molecule has 2 atom stereocenters. The summed E-state index contributed by atoms with van der Waals surface area (Å²) in [5.74, 6) is 0.726. The molecule has 0 heterocycles. The molecular formula is C51H65N5O8. The second kappa shape index (κ2) is 23.9. The van der Waals surface area contributed by atoms with Gasteiger partial charge in [0.05, 0.1) is 25.5 Å². The molecule has 13 nitrogen and oxygen atoms in total. The minimum absolute atomic E-state index is 0.0559. The van der Waals surface area contributed by atoms with Gasteiger partial charge < -0.3 is 34.5 Å². The predicted molar refractivity (Wildman–Crippen MR) is 249 cm³/mol. The molecule has 0 aliphatic heterocycles. The lowest BCUT2D eigenvalue weighted by Crippen LogP contribution is -2.58. The number of hydrazine groups is 1. The van der Waals surface area contributed by atoms with E-state index in [0.717, 1.165) is 62.5 Å². The highest BCUT2D eigenvalue weighted by Crippen LogP contribution is 2.25. The van der Waals surface area contributed by atoms with E-state index in [-0.39, 0.29) is 32.6 Å². The number of amides is 5. The van der Waals surface area contributed by atoms with Crippen molar-refractivity contribution in [2.75, 3.05) is 32.8 Å². The maximum atomic E-state index is 15.3. The summed E-state index contributed by atoms with van der Waals surface area (Å²) in [5.41, 5.74) is 1.52. The largest absolute Gasteiger partial charge is 0.493 e. The van der Waals surface area contributed by atoms with Crippen molar-refractivity contribution in [1.29, 1.82) is 0 Å². The molecule has 13 heteroatoms. The summed E-state index contributed by atoms with van der Waals surface area (Å²) in [6.07, 6.45) is 4.52. The van der Waals surface area contributed by atoms with Gasteiger partial charge in [0.2, 0.25) is 18.1 Å². The Bertz CT molecular complexity index is 2180. The number of hydrogen-bond donors (Lipinski definition) is 2. The van der Waals surface area contributed by atoms with Crippen LogP contribution in [-0.2, 0) is 43.3 Å². The number of ether oxygens (including phenoxy) is 4. The van der Waals surface area contributed by atoms with Crippen LogP contribution in [0.5, 0.6) is 5.75 Å². The minimum Gasteiger partial charge on any atom is -0.493 e. The van der Waals surface area contributed by atoms with Crippen molar-refractivity contribution in [3.05, 3.63) is 138 Å². The zero-order valence-corrected chi connectivity index (χ0v) is 38.2. The van der Waals surface area contributed by atoms with Crippen molar-refractivity contribution in [2.24, 2.45) is 5.92 Å². The first-order valence-electron chi connectivity index (χ1n) is 22.2. The fourth-order valence-electron chi connectivity index (χ4n) is 7.13. The smallest absolute Gasteiger partial charge is 0.429 e. The van der Waals surface area contributed by atoms with Gasteiger partial charge in [0.25, 0.3) is 0 Å². The molecule has 1 aliphatic carbocycles. The molecule has 0 saturated carbocycles. The lowest BCUT2D eigenvalue weighted by Gasteiger charge is -2.35. The standard InChI is InChI=1S/C51H65N5O8/c1-8-30-55(49(59)52-32-39-18-11-10-12-19-39)56(50(60)64-51(5,6)7)34-46(57)53-45(31-38-26-28-42(29-27-38)62-36-37(3)4)48(58)54(35-47(61-9-2)63-43-23-14-15-24-43)33-41-22-17-21-40-20-13-16-25-44(40)41/h8,10-13,16-23,25-29,37,45,47H,1,9,14-15,24,30-36H2,2-7H3,(H,52,59)(H,53,57)/t45-,47?/m0/s1. The average Bonchev–Trinajstić information content (AvgIpc) is 3.79. The Morgan fingerprint density at radius 3 is 2.27 bits per heavy atom. The van der Waals surface area contributed by atoms with Gasteiger partial charge in [-0.05, 0) is 92.1 Å². The number of rotatable bonds is 21. The summed E-state index contributed by atoms with van der Waals surface area (Å²) >= 11 is 0. The third-order valence-corrected chi connectivity index (χ3v) is 10.1. The Hall–Kier alpha value is -6.34. The summed E-state index contributed by atoms with van der Waals surface area (Å²) in [4.78, 5) is 59.1. The van der Waals surface area contributed by atoms with Gasteiger partial charge in [0.15, 0.2) is 0 Å². The molecule has 1 aliphatic rings. The van der Waals surface area contributed by atoms with Crippen molar-refractivity contribution >= 4 is 34.7 Å². The normalized spacial score (nSPS) is 13.3. The zero-order chi connectivity index (χ0) is 46.1. The Morgan fingerprint density at radius 2 is 1.59 bits per heavy atom. The summed E-state index contributed by atoms with van der Waals surface area (Å²) in [6, 6.07) is 28.9. The third-order valence-electron chi connectivity index (χ3n) is 10.1. The molecule has 0 fully saturated rings. The molecule has 0 radical (unpaired) electrons. The Balaban J connectivity index is 1.50. The first-order chi connectivity index (χ1) is 30.7. The van der Waals surface area contributed by atoms with Crippen LogP contribution >= 0.6 is 0 Å². The molecule has 342 valence electrons. The molecule has 64 heavy (non-hydrogen) atoms. The highest BCUT2D eigenvalue weighted by atomic mass is 16.7. The summed E-state index contributed by atoms with van der Waals surface area (Å²) in [7, 11) is 0. The predicted octanol–water partition coefficient (Wildman–Crippen LogP) is 8.93. The van der Waals surface area contributed by atoms with Crippen molar-refractivity contribution in [1.82, 2.24) is 25.6 Å². The first kappa shape index (κ1) is 48.7. The number of hydrogen-bond acceptors (Lipinski definition) is 8. The summed E-state index contributed by atoms with van der Waals surface area (Å²) in [5, 5.41) is 9.80. The van der Waals surface area contributed by atoms with Crippen LogP contribution in [-0.4, -0.2) is 89.6 Å². The first-order valence-corrected chi connectivity index (χ1v) is 22.2. The van der Waals surface area contributed by atoms with Gasteiger partial charge >= 0.3 is 12.1 Å². The van der Waals surface area contributed by atoms with Crippen molar-refractivity contribution in [2.45, 2.75) is 98.2 Å². The van der Waals surface area contributed by atoms with E-state index in [1.807, 2.05) is 104 Å². The fourth-order valence-corrected chi connectivity index (χ4v) is 7.13. The van der Waals surface area contributed by atoms with Gasteiger partial charge in [0, 0.05) is 32.5 Å². The number of nitrogens with zero attached hydrogens (tertiary/aromatic N) is 3. The molecule has 5 amide bonds. The Labute approximate surface area is 378 Å². The number of fused-ring (bicyclic) bond motifs is 1. The number of benzene rings is 4. The van der Waals surface area contributed by atoms with Crippen molar-refractivity contribution < 1.29 is 38.1 Å². The molecule has 4 aromatic carbocycles. The van der Waals surface area contributed by atoms with E-state index < -0.39 is 48.4 Å². The molecule has 5 rings (SSSR count). The number of urea groups is 1. The molecule has 2 N–H and O–H groups in total. The SMILES string of the molecule is C=CCN(C(=O)NCc1ccccc1)N(CC(=O)N[C@@H](Cc1ccc(OCC(C)C)cc1)C(=O)N(Cc1cccc2ccccc12)CC(OCC)OC1=CCCC1)C(=O)OC(C)(C)C. The van der Waals surface area contributed by atoms with Gasteiger partial charge in [-0.25, -0.2) is 19.6 Å². The number of nitrogens with one attached hydrogen (secondary N) is 2. The van der Waals surface area contributed by atoms with Crippen LogP contribution in [0.4, 0.5) is 9.59 Å². The lowest BCUT2D eigenvalue weighted by atomic mass is 10.0. The van der Waals surface area contributed by atoms with Crippen LogP contribution in [0, 0.1) is 5.92 Å². The van der Waals surface area contributed by atoms with Gasteiger partial charge in [-0.1, -0.05) is 105 Å². The quantitative estimate of drug-likeness (QED) is 0.0481. The zero-order valence-electron chi connectivity index (χ0n) is 38.2. The lowest BCUT2D eigenvalue weighted by molar-refractivity contribution is -0.152. The summed E-state index contributed by atoms with van der Waals surface area (Å²) in [6.45, 7) is 15.4. The second-order valence-electron chi connectivity index (χ2n) is 17.1. The van der Waals surface area contributed by atoms with Crippen LogP contribution in [0.2, 0.25) is 0 Å². The maximum Gasteiger partial charge on any atom is 0.429 e. The highest BCUT2D eigenvalue weighted by Gasteiger charge is 2.35. The van der Waals surface area contributed by atoms with Crippen LogP contribution in [0.1, 0.15) is 77.5 Å². The molecule has 4 aromatic rings. The molecule has 0 bridgehead atoms. The Kier molecular flexibility index (Phi) is 18.2. The average molecular weight is 876 g/mol. The van der Waals surface area contributed by atoms with E-state index in [4.69, 9.17) is 18.9 Å². The van der Waals surface area contributed by atoms with Crippen molar-refractivity contribution in [3.63, 3.8) is 0 Å². The molecule has 0 aromatic heterocycles. The second-order valence-corrected chi connectivity index (χ2v) is 17.1. The van der Waals surface area contributed by atoms with Gasteiger partial charge in [-0.2, -0.15) is 0 Å². The molecule has 1 unspecified atom stereocenters. The number of carbonyl (C=O) groups is 4. The molecule has 0 saturated heterocycles. The maximum absolute atomic E-state index is 15.3. The number of carbonyl (C=O) groups excluding carboxylic acids is 4. The summed E-state index contributed by atoms with van der Waals surface area (Å²) < 4.78 is 24.1. The minimum atomic E-state index is -1.14. The topological polar surface area (TPSA) is 139 Å². The van der Waals surface area contributed by atoms with E-state index in [1.54, 1.807) is 25.7 Å². The number of allylic oxidation sites excluding steroid dienone is 2. The van der Waals surface area contributed by atoms with Crippen LogP contribution < -0.4 is 15.4 Å². The fraction of sp³-hybridized carbons (Fsp3) is 0.412. The highest BCUT2D eigenvalue weighted by molar-refractivity contribution is 5.91. The van der Waals surface area contributed by atoms with E-state index in [9.17, 15) is 14.4 Å². The van der Waals surface area contributed by atoms with Crippen LogP contribution in [0.25, 0.3) is 10.8 Å². The molecule has 0 spiro atoms. The van der Waals surface area contributed by atoms with Gasteiger partial charge in [-0.15, -0.1) is 6.58 Å². The van der Waals surface area contributed by atoms with Crippen LogP contribution in [0.3, 0.4) is 0 Å². The van der Waals surface area contributed by atoms with E-state index >= 15 is 4.79 Å². The third kappa shape index (κ3) is 15.2. The van der Waals surface area contributed by atoms with Gasteiger partial charge in [0.1, 0.15) is 23.9 Å². The van der Waals surface area contributed by atoms with Crippen molar-refractivity contribution in [3.8, 4) is 5.75 Å².